The Kier molecular flexibility index (Phi) is 5.24. The lowest BCUT2D eigenvalue weighted by atomic mass is 10.3. The Bertz CT molecular complexity index is 641. The number of aromatic nitrogens is 1. The third-order valence-corrected chi connectivity index (χ3v) is 3.86. The van der Waals surface area contributed by atoms with Crippen LogP contribution in [0.2, 0.25) is 0 Å². The molecule has 5 nitrogen and oxygen atoms in total. The van der Waals surface area contributed by atoms with Crippen molar-refractivity contribution in [1.82, 2.24) is 10.3 Å². The maximum atomic E-state index is 11.7. The van der Waals surface area contributed by atoms with Crippen LogP contribution in [0.4, 0.5) is 5.00 Å². The molecule has 0 aliphatic carbocycles. The average molecular weight is 321 g/mol. The first-order valence-electron chi connectivity index (χ1n) is 6.23. The summed E-state index contributed by atoms with van der Waals surface area (Å²) in [4.78, 5) is 16.9. The maximum absolute atomic E-state index is 11.7. The monoisotopic (exact) mass is 321 g/mol. The topological polar surface area (TPSA) is 63.2 Å². The summed E-state index contributed by atoms with van der Waals surface area (Å²) in [6, 6.07) is 7.46. The molecule has 2 rings (SSSR count). The van der Waals surface area contributed by atoms with Crippen LogP contribution in [0.1, 0.15) is 20.9 Å². The summed E-state index contributed by atoms with van der Waals surface area (Å²) < 4.78 is 4.76. The second-order valence-corrected chi connectivity index (χ2v) is 5.88. The van der Waals surface area contributed by atoms with E-state index in [9.17, 15) is 4.79 Å². The van der Waals surface area contributed by atoms with Crippen molar-refractivity contribution in [3.8, 4) is 0 Å². The number of hydrogen-bond donors (Lipinski definition) is 2. The molecule has 0 aliphatic rings. The average Bonchev–Trinajstić information content (AvgIpc) is 2.86. The van der Waals surface area contributed by atoms with E-state index in [1.54, 1.807) is 12.3 Å². The predicted molar refractivity (Wildman–Crippen MR) is 87.7 cm³/mol. The molecule has 0 saturated carbocycles. The molecule has 0 aromatic carbocycles. The zero-order valence-corrected chi connectivity index (χ0v) is 13.3. The van der Waals surface area contributed by atoms with Crippen LogP contribution < -0.4 is 10.6 Å². The first-order chi connectivity index (χ1) is 10.1. The molecule has 0 saturated heterocycles. The highest BCUT2D eigenvalue weighted by molar-refractivity contribution is 7.80. The molecular formula is C14H15N3O2S2. The molecule has 0 fully saturated rings. The summed E-state index contributed by atoms with van der Waals surface area (Å²) in [5, 5.41) is 7.20. The van der Waals surface area contributed by atoms with Gasteiger partial charge in [-0.25, -0.2) is 4.79 Å². The number of pyridine rings is 1. The molecule has 2 N–H and O–H groups in total. The Hall–Kier alpha value is -1.99. The zero-order valence-electron chi connectivity index (χ0n) is 11.7. The van der Waals surface area contributed by atoms with Gasteiger partial charge in [0.15, 0.2) is 5.11 Å². The van der Waals surface area contributed by atoms with Crippen molar-refractivity contribution < 1.29 is 9.53 Å². The van der Waals surface area contributed by atoms with Gasteiger partial charge in [0.2, 0.25) is 0 Å². The van der Waals surface area contributed by atoms with Crippen LogP contribution in [0.3, 0.4) is 0 Å². The molecule has 21 heavy (non-hydrogen) atoms. The number of hydrogen-bond acceptors (Lipinski definition) is 5. The van der Waals surface area contributed by atoms with Crippen LogP contribution in [0.5, 0.6) is 0 Å². The minimum absolute atomic E-state index is 0.380. The predicted octanol–water partition coefficient (Wildman–Crippen LogP) is 2.72. The number of thiophene rings is 1. The Morgan fingerprint density at radius 2 is 2.29 bits per heavy atom. The van der Waals surface area contributed by atoms with E-state index in [-0.39, 0.29) is 5.97 Å². The standard InChI is InChI=1S/C14H15N3O2S2/c1-9-7-11(13(18)19-2)12(21-9)17-14(20)16-8-10-5-3-4-6-15-10/h3-7H,8H2,1-2H3,(H2,16,17,20). The van der Waals surface area contributed by atoms with E-state index in [0.29, 0.717) is 22.2 Å². The first kappa shape index (κ1) is 15.4. The van der Waals surface area contributed by atoms with E-state index < -0.39 is 0 Å². The number of esters is 1. The summed E-state index contributed by atoms with van der Waals surface area (Å²) in [7, 11) is 1.36. The third-order valence-electron chi connectivity index (χ3n) is 2.64. The molecule has 2 aromatic heterocycles. The van der Waals surface area contributed by atoms with Crippen molar-refractivity contribution in [3.05, 3.63) is 46.6 Å². The Balaban J connectivity index is 1.98. The molecule has 0 spiro atoms. The van der Waals surface area contributed by atoms with Gasteiger partial charge in [0.25, 0.3) is 0 Å². The fourth-order valence-electron chi connectivity index (χ4n) is 1.69. The fourth-order valence-corrected chi connectivity index (χ4v) is 2.83. The van der Waals surface area contributed by atoms with E-state index in [2.05, 4.69) is 15.6 Å². The van der Waals surface area contributed by atoms with E-state index in [0.717, 1.165) is 10.6 Å². The highest BCUT2D eigenvalue weighted by Gasteiger charge is 2.16. The second kappa shape index (κ2) is 7.14. The smallest absolute Gasteiger partial charge is 0.340 e. The van der Waals surface area contributed by atoms with Gasteiger partial charge >= 0.3 is 5.97 Å². The van der Waals surface area contributed by atoms with Crippen LogP contribution in [-0.4, -0.2) is 23.2 Å². The quantitative estimate of drug-likeness (QED) is 0.667. The highest BCUT2D eigenvalue weighted by Crippen LogP contribution is 2.28. The molecule has 0 amide bonds. The van der Waals surface area contributed by atoms with Gasteiger partial charge in [0.05, 0.1) is 24.9 Å². The highest BCUT2D eigenvalue weighted by atomic mass is 32.1. The number of thiocarbonyl (C=S) groups is 1. The molecule has 2 heterocycles. The Morgan fingerprint density at radius 3 is 2.95 bits per heavy atom. The van der Waals surface area contributed by atoms with E-state index in [4.69, 9.17) is 17.0 Å². The molecule has 110 valence electrons. The van der Waals surface area contributed by atoms with Crippen molar-refractivity contribution in [3.63, 3.8) is 0 Å². The minimum atomic E-state index is -0.380. The molecule has 7 heteroatoms. The van der Waals surface area contributed by atoms with Crippen molar-refractivity contribution >= 4 is 39.6 Å². The maximum Gasteiger partial charge on any atom is 0.340 e. The normalized spacial score (nSPS) is 10.0. The molecule has 0 atom stereocenters. The Morgan fingerprint density at radius 1 is 1.48 bits per heavy atom. The lowest BCUT2D eigenvalue weighted by molar-refractivity contribution is 0.0602. The fraction of sp³-hybridized carbons (Fsp3) is 0.214. The number of carbonyl (C=O) groups is 1. The first-order valence-corrected chi connectivity index (χ1v) is 7.46. The van der Waals surface area contributed by atoms with E-state index in [1.807, 2.05) is 25.1 Å². The van der Waals surface area contributed by atoms with Gasteiger partial charge in [-0.15, -0.1) is 11.3 Å². The minimum Gasteiger partial charge on any atom is -0.465 e. The van der Waals surface area contributed by atoms with Gasteiger partial charge in [0, 0.05) is 11.1 Å². The van der Waals surface area contributed by atoms with Gasteiger partial charge in [-0.2, -0.15) is 0 Å². The number of nitrogens with one attached hydrogen (secondary N) is 2. The molecular weight excluding hydrogens is 306 g/mol. The van der Waals surface area contributed by atoms with Crippen LogP contribution in [-0.2, 0) is 11.3 Å². The lowest BCUT2D eigenvalue weighted by Gasteiger charge is -2.09. The van der Waals surface area contributed by atoms with Crippen molar-refractivity contribution in [2.75, 3.05) is 12.4 Å². The molecule has 0 aliphatic heterocycles. The molecule has 0 unspecified atom stereocenters. The third kappa shape index (κ3) is 4.24. The van der Waals surface area contributed by atoms with Gasteiger partial charge in [-0.05, 0) is 37.3 Å². The number of carbonyl (C=O) groups excluding carboxylic acids is 1. The number of ether oxygens (including phenoxy) is 1. The number of rotatable bonds is 4. The summed E-state index contributed by atoms with van der Waals surface area (Å²) in [6.07, 6.45) is 1.73. The summed E-state index contributed by atoms with van der Waals surface area (Å²) in [6.45, 7) is 2.44. The largest absolute Gasteiger partial charge is 0.465 e. The van der Waals surface area contributed by atoms with Crippen molar-refractivity contribution in [2.45, 2.75) is 13.5 Å². The number of nitrogens with zero attached hydrogens (tertiary/aromatic N) is 1. The second-order valence-electron chi connectivity index (χ2n) is 4.22. The van der Waals surface area contributed by atoms with E-state index in [1.165, 1.54) is 18.4 Å². The van der Waals surface area contributed by atoms with Crippen LogP contribution in [0.25, 0.3) is 0 Å². The molecule has 2 aromatic rings. The van der Waals surface area contributed by atoms with Crippen LogP contribution >= 0.6 is 23.6 Å². The Labute approximate surface area is 132 Å². The van der Waals surface area contributed by atoms with E-state index >= 15 is 0 Å². The molecule has 0 bridgehead atoms. The number of methoxy groups -OCH3 is 1. The van der Waals surface area contributed by atoms with Crippen molar-refractivity contribution in [1.29, 1.82) is 0 Å². The van der Waals surface area contributed by atoms with Crippen LogP contribution in [0, 0.1) is 6.92 Å². The van der Waals surface area contributed by atoms with Gasteiger partial charge in [-0.3, -0.25) is 4.98 Å². The number of anilines is 1. The van der Waals surface area contributed by atoms with Crippen molar-refractivity contribution in [2.24, 2.45) is 0 Å². The summed E-state index contributed by atoms with van der Waals surface area (Å²) in [5.41, 5.74) is 1.37. The number of aryl methyl sites for hydroxylation is 1. The van der Waals surface area contributed by atoms with Crippen LogP contribution in [0.15, 0.2) is 30.5 Å². The van der Waals surface area contributed by atoms with Gasteiger partial charge < -0.3 is 15.4 Å². The summed E-state index contributed by atoms with van der Waals surface area (Å²) >= 11 is 6.68. The lowest BCUT2D eigenvalue weighted by Crippen LogP contribution is -2.28. The SMILES string of the molecule is COC(=O)c1cc(C)sc1NC(=S)NCc1ccccn1. The summed E-state index contributed by atoms with van der Waals surface area (Å²) in [5.74, 6) is -0.380. The van der Waals surface area contributed by atoms with Gasteiger partial charge in [-0.1, -0.05) is 6.07 Å². The molecule has 0 radical (unpaired) electrons. The van der Waals surface area contributed by atoms with Gasteiger partial charge in [0.1, 0.15) is 5.00 Å². The zero-order chi connectivity index (χ0) is 15.2.